The first-order valence-electron chi connectivity index (χ1n) is 4.20. The van der Waals surface area contributed by atoms with Gasteiger partial charge in [0.25, 0.3) is 0 Å². The van der Waals surface area contributed by atoms with E-state index in [1.807, 2.05) is 0 Å². The summed E-state index contributed by atoms with van der Waals surface area (Å²) in [4.78, 5) is 0. The van der Waals surface area contributed by atoms with Gasteiger partial charge >= 0.3 is 0 Å². The molecule has 2 aromatic rings. The van der Waals surface area contributed by atoms with Crippen LogP contribution in [0.5, 0.6) is 0 Å². The Morgan fingerprint density at radius 1 is 0.533 bits per heavy atom. The Morgan fingerprint density at radius 2 is 0.800 bits per heavy atom. The van der Waals surface area contributed by atoms with Crippen molar-refractivity contribution in [2.45, 2.75) is 0 Å². The van der Waals surface area contributed by atoms with Gasteiger partial charge in [0.2, 0.25) is 0 Å². The largest absolute Gasteiger partial charge is 0.207 e. The van der Waals surface area contributed by atoms with Gasteiger partial charge in [-0.3, -0.25) is 0 Å². The first kappa shape index (κ1) is 14.2. The van der Waals surface area contributed by atoms with Crippen LogP contribution in [0.1, 0.15) is 0 Å². The second kappa shape index (κ2) is 8.54. The molecule has 74 valence electrons. The number of rotatable bonds is 0. The number of benzene rings is 2. The molecule has 0 nitrogen and oxygen atoms in total. The summed E-state index contributed by atoms with van der Waals surface area (Å²) in [5.41, 5.74) is 0. The van der Waals surface area contributed by atoms with Crippen molar-refractivity contribution >= 4 is 0 Å². The molecule has 0 saturated carbocycles. The Labute approximate surface area is 108 Å². The second-order valence-corrected chi connectivity index (χ2v) is 2.59. The van der Waals surface area contributed by atoms with Gasteiger partial charge in [0.05, 0.1) is 0 Å². The van der Waals surface area contributed by atoms with Gasteiger partial charge < -0.3 is 0 Å². The molecule has 0 aromatic heterocycles. The summed E-state index contributed by atoms with van der Waals surface area (Å²) in [6.07, 6.45) is 0. The minimum Gasteiger partial charge on any atom is -0.207 e. The van der Waals surface area contributed by atoms with Crippen molar-refractivity contribution in [2.24, 2.45) is 0 Å². The molecule has 0 unspecified atom stereocenters. The summed E-state index contributed by atoms with van der Waals surface area (Å²) in [6.45, 7) is 0. The van der Waals surface area contributed by atoms with Crippen molar-refractivity contribution in [1.82, 2.24) is 0 Å². The molecule has 0 radical (unpaired) electrons. The maximum Gasteiger partial charge on any atom is 0.123 e. The van der Waals surface area contributed by atoms with Crippen molar-refractivity contribution < 1.29 is 36.4 Å². The van der Waals surface area contributed by atoms with E-state index >= 15 is 0 Å². The SMILES string of the molecule is Fc1ccccc1.Fc1ccccc1.[Hg]. The molecule has 0 aliphatic heterocycles. The maximum absolute atomic E-state index is 11.9. The first-order chi connectivity index (χ1) is 6.79. The molecule has 0 saturated heterocycles. The second-order valence-electron chi connectivity index (χ2n) is 2.59. The van der Waals surface area contributed by atoms with E-state index in [4.69, 9.17) is 0 Å². The van der Waals surface area contributed by atoms with E-state index < -0.39 is 0 Å². The fourth-order valence-electron chi connectivity index (χ4n) is 0.829. The summed E-state index contributed by atoms with van der Waals surface area (Å²) in [5, 5.41) is 0. The van der Waals surface area contributed by atoms with E-state index in [-0.39, 0.29) is 39.3 Å². The van der Waals surface area contributed by atoms with Gasteiger partial charge in [0.1, 0.15) is 11.6 Å². The Bertz CT molecular complexity index is 311. The average molecular weight is 393 g/mol. The standard InChI is InChI=1S/2C6H5F.Hg/c2*7-6-4-2-1-3-5-6;/h2*1-5H;. The van der Waals surface area contributed by atoms with Crippen molar-refractivity contribution in [3.05, 3.63) is 72.3 Å². The predicted molar refractivity (Wildman–Crippen MR) is 52.8 cm³/mol. The molecule has 0 spiro atoms. The van der Waals surface area contributed by atoms with E-state index in [0.717, 1.165) is 0 Å². The van der Waals surface area contributed by atoms with Crippen LogP contribution in [0.3, 0.4) is 0 Å². The molecule has 0 bridgehead atoms. The zero-order valence-electron chi connectivity index (χ0n) is 8.24. The average Bonchev–Trinajstić information content (AvgIpc) is 2.21. The van der Waals surface area contributed by atoms with E-state index in [1.54, 1.807) is 36.4 Å². The van der Waals surface area contributed by atoms with E-state index in [2.05, 4.69) is 0 Å². The van der Waals surface area contributed by atoms with Crippen molar-refractivity contribution in [3.63, 3.8) is 0 Å². The van der Waals surface area contributed by atoms with Crippen LogP contribution in [0.4, 0.5) is 8.78 Å². The third-order valence-corrected chi connectivity index (χ3v) is 1.47. The van der Waals surface area contributed by atoms with E-state index in [0.29, 0.717) is 0 Å². The summed E-state index contributed by atoms with van der Waals surface area (Å²) in [6, 6.07) is 15.9. The van der Waals surface area contributed by atoms with Gasteiger partial charge in [-0.25, -0.2) is 8.78 Å². The van der Waals surface area contributed by atoms with E-state index in [1.165, 1.54) is 24.3 Å². The molecular weight excluding hydrogens is 383 g/mol. The molecule has 2 rings (SSSR count). The third-order valence-electron chi connectivity index (χ3n) is 1.47. The van der Waals surface area contributed by atoms with Gasteiger partial charge in [0.15, 0.2) is 0 Å². The summed E-state index contributed by atoms with van der Waals surface area (Å²) >= 11 is 0. The van der Waals surface area contributed by atoms with Gasteiger partial charge in [-0.1, -0.05) is 36.4 Å². The number of hydrogen-bond acceptors (Lipinski definition) is 0. The third kappa shape index (κ3) is 7.20. The monoisotopic (exact) mass is 394 g/mol. The Balaban J connectivity index is 0.000000245. The number of halogens is 2. The van der Waals surface area contributed by atoms with Crippen LogP contribution in [0.15, 0.2) is 60.7 Å². The van der Waals surface area contributed by atoms with Gasteiger partial charge in [-0.15, -0.1) is 0 Å². The Kier molecular flexibility index (Phi) is 8.10. The van der Waals surface area contributed by atoms with Crippen molar-refractivity contribution in [3.8, 4) is 0 Å². The molecule has 0 amide bonds. The molecule has 0 atom stereocenters. The molecule has 0 aliphatic rings. The van der Waals surface area contributed by atoms with Crippen LogP contribution in [0, 0.1) is 11.6 Å². The summed E-state index contributed by atoms with van der Waals surface area (Å²) < 4.78 is 23.8. The minimum absolute atomic E-state index is 0. The zero-order chi connectivity index (χ0) is 10.2. The smallest absolute Gasteiger partial charge is 0.123 e. The molecule has 3 heteroatoms. The van der Waals surface area contributed by atoms with Crippen LogP contribution < -0.4 is 0 Å². The van der Waals surface area contributed by atoms with Gasteiger partial charge in [0, 0.05) is 27.7 Å². The summed E-state index contributed by atoms with van der Waals surface area (Å²) in [5.74, 6) is -0.356. The van der Waals surface area contributed by atoms with Crippen LogP contribution in [-0.4, -0.2) is 0 Å². The molecule has 15 heavy (non-hydrogen) atoms. The van der Waals surface area contributed by atoms with Crippen LogP contribution in [0.2, 0.25) is 0 Å². The Morgan fingerprint density at radius 3 is 0.933 bits per heavy atom. The molecule has 0 heterocycles. The van der Waals surface area contributed by atoms with Crippen LogP contribution in [-0.2, 0) is 27.7 Å². The fraction of sp³-hybridized carbons (Fsp3) is 0. The van der Waals surface area contributed by atoms with Crippen molar-refractivity contribution in [1.29, 1.82) is 0 Å². The fourth-order valence-corrected chi connectivity index (χ4v) is 0.829. The number of hydrogen-bond donors (Lipinski definition) is 0. The van der Waals surface area contributed by atoms with Gasteiger partial charge in [-0.2, -0.15) is 0 Å². The normalized spacial score (nSPS) is 8.13. The minimum atomic E-state index is -0.178. The quantitative estimate of drug-likeness (QED) is 0.600. The molecule has 0 N–H and O–H groups in total. The molecule has 0 fully saturated rings. The van der Waals surface area contributed by atoms with Gasteiger partial charge in [-0.05, 0) is 24.3 Å². The first-order valence-corrected chi connectivity index (χ1v) is 4.20. The molecule has 0 aliphatic carbocycles. The van der Waals surface area contributed by atoms with Crippen LogP contribution in [0.25, 0.3) is 0 Å². The van der Waals surface area contributed by atoms with Crippen LogP contribution >= 0.6 is 0 Å². The summed E-state index contributed by atoms with van der Waals surface area (Å²) in [7, 11) is 0. The zero-order valence-corrected chi connectivity index (χ0v) is 13.7. The van der Waals surface area contributed by atoms with Crippen molar-refractivity contribution in [2.75, 3.05) is 0 Å². The topological polar surface area (TPSA) is 0 Å². The maximum atomic E-state index is 11.9. The predicted octanol–water partition coefficient (Wildman–Crippen LogP) is 3.65. The molecular formula is C12H10F2Hg. The Hall–Kier alpha value is -0.765. The van der Waals surface area contributed by atoms with E-state index in [9.17, 15) is 8.78 Å². The molecule has 2 aromatic carbocycles.